The zero-order valence-electron chi connectivity index (χ0n) is 10.8. The summed E-state index contributed by atoms with van der Waals surface area (Å²) in [6, 6.07) is 5.62. The third-order valence-corrected chi connectivity index (χ3v) is 2.51. The van der Waals surface area contributed by atoms with E-state index in [1.807, 2.05) is 26.0 Å². The highest BCUT2D eigenvalue weighted by Crippen LogP contribution is 2.17. The lowest BCUT2D eigenvalue weighted by Gasteiger charge is -2.10. The largest absolute Gasteiger partial charge is 0.454 e. The minimum atomic E-state index is -0.561. The molecule has 1 rings (SSSR count). The molecule has 0 saturated carbocycles. The van der Waals surface area contributed by atoms with Crippen LogP contribution >= 0.6 is 0 Å². The summed E-state index contributed by atoms with van der Waals surface area (Å²) in [4.78, 5) is 22.5. The van der Waals surface area contributed by atoms with Crippen LogP contribution in [0.4, 0.5) is 5.69 Å². The summed E-state index contributed by atoms with van der Waals surface area (Å²) >= 11 is 0. The van der Waals surface area contributed by atoms with Crippen LogP contribution in [0.5, 0.6) is 0 Å². The number of methoxy groups -OCH3 is 1. The van der Waals surface area contributed by atoms with E-state index in [0.29, 0.717) is 0 Å². The maximum atomic E-state index is 11.6. The van der Waals surface area contributed by atoms with Gasteiger partial charge in [0.25, 0.3) is 5.91 Å². The van der Waals surface area contributed by atoms with E-state index in [4.69, 9.17) is 4.74 Å². The molecule has 1 aromatic carbocycles. The summed E-state index contributed by atoms with van der Waals surface area (Å²) in [5.41, 5.74) is 2.81. The van der Waals surface area contributed by atoms with Gasteiger partial charge in [-0.05, 0) is 31.0 Å². The van der Waals surface area contributed by atoms with Crippen LogP contribution in [0.15, 0.2) is 18.2 Å². The van der Waals surface area contributed by atoms with Crippen molar-refractivity contribution in [1.82, 2.24) is 0 Å². The van der Waals surface area contributed by atoms with Gasteiger partial charge >= 0.3 is 5.97 Å². The Labute approximate surface area is 106 Å². The second kappa shape index (κ2) is 6.76. The normalized spacial score (nSPS) is 9.94. The third kappa shape index (κ3) is 4.18. The van der Waals surface area contributed by atoms with Crippen molar-refractivity contribution >= 4 is 17.6 Å². The number of esters is 1. The molecular weight excluding hydrogens is 234 g/mol. The molecule has 0 heterocycles. The summed E-state index contributed by atoms with van der Waals surface area (Å²) < 4.78 is 9.29. The van der Waals surface area contributed by atoms with E-state index < -0.39 is 5.97 Å². The number of amides is 1. The van der Waals surface area contributed by atoms with Gasteiger partial charge in [0, 0.05) is 12.8 Å². The molecule has 0 saturated heterocycles. The second-order valence-electron chi connectivity index (χ2n) is 3.89. The Kier molecular flexibility index (Phi) is 5.32. The van der Waals surface area contributed by atoms with Gasteiger partial charge in [-0.3, -0.25) is 4.79 Å². The van der Waals surface area contributed by atoms with Crippen molar-refractivity contribution in [2.45, 2.75) is 13.8 Å². The summed E-state index contributed by atoms with van der Waals surface area (Å²) in [6.07, 6.45) is 0. The van der Waals surface area contributed by atoms with Crippen LogP contribution in [0.2, 0.25) is 0 Å². The Bertz CT molecular complexity index is 443. The lowest BCUT2D eigenvalue weighted by Crippen LogP contribution is -2.23. The molecule has 0 radical (unpaired) electrons. The maximum Gasteiger partial charge on any atom is 0.332 e. The number of carbonyl (C=O) groups excluding carboxylic acids is 2. The topological polar surface area (TPSA) is 64.6 Å². The molecule has 0 aliphatic heterocycles. The minimum Gasteiger partial charge on any atom is -0.454 e. The molecule has 1 amide bonds. The first-order chi connectivity index (χ1) is 8.54. The number of hydrogen-bond donors (Lipinski definition) is 1. The van der Waals surface area contributed by atoms with Crippen LogP contribution in [0.3, 0.4) is 0 Å². The lowest BCUT2D eigenvalue weighted by molar-refractivity contribution is -0.150. The molecule has 0 bridgehead atoms. The van der Waals surface area contributed by atoms with E-state index in [2.05, 4.69) is 10.1 Å². The number of ether oxygens (including phenoxy) is 2. The molecule has 0 aliphatic carbocycles. The van der Waals surface area contributed by atoms with Crippen molar-refractivity contribution in [3.8, 4) is 0 Å². The van der Waals surface area contributed by atoms with Gasteiger partial charge in [0.05, 0.1) is 0 Å². The van der Waals surface area contributed by atoms with Crippen molar-refractivity contribution in [1.29, 1.82) is 0 Å². The van der Waals surface area contributed by atoms with Gasteiger partial charge in [-0.2, -0.15) is 0 Å². The van der Waals surface area contributed by atoms with Gasteiger partial charge in [-0.1, -0.05) is 12.1 Å². The average molecular weight is 251 g/mol. The van der Waals surface area contributed by atoms with Gasteiger partial charge in [-0.25, -0.2) is 4.79 Å². The minimum absolute atomic E-state index is 0.156. The van der Waals surface area contributed by atoms with Gasteiger partial charge < -0.3 is 14.8 Å². The Balaban J connectivity index is 2.50. The predicted molar refractivity (Wildman–Crippen MR) is 67.4 cm³/mol. The number of benzene rings is 1. The van der Waals surface area contributed by atoms with E-state index in [1.165, 1.54) is 7.11 Å². The SMILES string of the molecule is COCC(=O)OCC(=O)Nc1cccc(C)c1C. The smallest absolute Gasteiger partial charge is 0.332 e. The van der Waals surface area contributed by atoms with Gasteiger partial charge in [0.2, 0.25) is 0 Å². The van der Waals surface area contributed by atoms with Crippen LogP contribution in [-0.4, -0.2) is 32.2 Å². The van der Waals surface area contributed by atoms with E-state index in [1.54, 1.807) is 6.07 Å². The molecule has 0 spiro atoms. The monoisotopic (exact) mass is 251 g/mol. The van der Waals surface area contributed by atoms with Crippen molar-refractivity contribution in [3.05, 3.63) is 29.3 Å². The zero-order valence-corrected chi connectivity index (χ0v) is 10.8. The summed E-state index contributed by atoms with van der Waals surface area (Å²) in [6.45, 7) is 3.41. The number of rotatable bonds is 5. The highest BCUT2D eigenvalue weighted by atomic mass is 16.6. The van der Waals surface area contributed by atoms with Crippen LogP contribution in [0.1, 0.15) is 11.1 Å². The fourth-order valence-corrected chi connectivity index (χ4v) is 1.38. The molecule has 18 heavy (non-hydrogen) atoms. The van der Waals surface area contributed by atoms with Crippen molar-refractivity contribution in [2.75, 3.05) is 25.6 Å². The lowest BCUT2D eigenvalue weighted by atomic mass is 10.1. The molecule has 5 heteroatoms. The van der Waals surface area contributed by atoms with E-state index in [0.717, 1.165) is 16.8 Å². The van der Waals surface area contributed by atoms with E-state index >= 15 is 0 Å². The first-order valence-corrected chi connectivity index (χ1v) is 5.55. The number of anilines is 1. The fraction of sp³-hybridized carbons (Fsp3) is 0.385. The molecular formula is C13H17NO4. The third-order valence-electron chi connectivity index (χ3n) is 2.51. The van der Waals surface area contributed by atoms with Gasteiger partial charge in [0.1, 0.15) is 6.61 Å². The Morgan fingerprint density at radius 2 is 1.94 bits per heavy atom. The van der Waals surface area contributed by atoms with Gasteiger partial charge in [0.15, 0.2) is 6.61 Å². The number of nitrogens with one attached hydrogen (secondary N) is 1. The molecule has 0 aliphatic rings. The van der Waals surface area contributed by atoms with Crippen molar-refractivity contribution in [3.63, 3.8) is 0 Å². The molecule has 0 unspecified atom stereocenters. The molecule has 0 aromatic heterocycles. The van der Waals surface area contributed by atoms with Crippen LogP contribution < -0.4 is 5.32 Å². The first kappa shape index (κ1) is 14.2. The molecule has 1 N–H and O–H groups in total. The number of aryl methyl sites for hydroxylation is 1. The summed E-state index contributed by atoms with van der Waals surface area (Å²) in [7, 11) is 1.39. The van der Waals surface area contributed by atoms with Crippen LogP contribution in [-0.2, 0) is 19.1 Å². The summed E-state index contributed by atoms with van der Waals surface area (Å²) in [5.74, 6) is -0.929. The Hall–Kier alpha value is -1.88. The predicted octanol–water partition coefficient (Wildman–Crippen LogP) is 1.43. The van der Waals surface area contributed by atoms with Crippen molar-refractivity contribution < 1.29 is 19.1 Å². The maximum absolute atomic E-state index is 11.6. The van der Waals surface area contributed by atoms with E-state index in [9.17, 15) is 9.59 Å². The number of hydrogen-bond acceptors (Lipinski definition) is 4. The molecule has 0 atom stereocenters. The van der Waals surface area contributed by atoms with Crippen LogP contribution in [0.25, 0.3) is 0 Å². The first-order valence-electron chi connectivity index (χ1n) is 5.55. The average Bonchev–Trinajstić information content (AvgIpc) is 2.33. The standard InChI is InChI=1S/C13H17NO4/c1-9-5-4-6-11(10(9)2)14-12(15)7-18-13(16)8-17-3/h4-6H,7-8H2,1-3H3,(H,14,15). The number of carbonyl (C=O) groups is 2. The van der Waals surface area contributed by atoms with Crippen molar-refractivity contribution in [2.24, 2.45) is 0 Å². The van der Waals surface area contributed by atoms with Gasteiger partial charge in [-0.15, -0.1) is 0 Å². The fourth-order valence-electron chi connectivity index (χ4n) is 1.38. The quantitative estimate of drug-likeness (QED) is 0.804. The second-order valence-corrected chi connectivity index (χ2v) is 3.89. The highest BCUT2D eigenvalue weighted by molar-refractivity contribution is 5.93. The zero-order chi connectivity index (χ0) is 13.5. The highest BCUT2D eigenvalue weighted by Gasteiger charge is 2.09. The van der Waals surface area contributed by atoms with E-state index in [-0.39, 0.29) is 19.1 Å². The molecule has 5 nitrogen and oxygen atoms in total. The molecule has 98 valence electrons. The molecule has 0 fully saturated rings. The Morgan fingerprint density at radius 1 is 1.22 bits per heavy atom. The molecule has 1 aromatic rings. The summed E-state index contributed by atoms with van der Waals surface area (Å²) in [5, 5.41) is 2.69. The van der Waals surface area contributed by atoms with Crippen LogP contribution in [0, 0.1) is 13.8 Å². The Morgan fingerprint density at radius 3 is 2.61 bits per heavy atom.